The van der Waals surface area contributed by atoms with Gasteiger partial charge in [-0.2, -0.15) is 5.26 Å². The molecule has 1 amide bonds. The van der Waals surface area contributed by atoms with Crippen molar-refractivity contribution in [2.24, 2.45) is 0 Å². The third kappa shape index (κ3) is 5.75. The van der Waals surface area contributed by atoms with Crippen LogP contribution >= 0.6 is 0 Å². The van der Waals surface area contributed by atoms with E-state index in [4.69, 9.17) is 10.00 Å². The molecular formula is C16H22N2O2. The molecule has 1 aromatic rings. The second-order valence-corrected chi connectivity index (χ2v) is 5.79. The average molecular weight is 274 g/mol. The number of alkyl carbamates (subject to hydrolysis) is 1. The first kappa shape index (κ1) is 16.0. The van der Waals surface area contributed by atoms with Gasteiger partial charge in [0.2, 0.25) is 0 Å². The maximum atomic E-state index is 11.5. The minimum Gasteiger partial charge on any atom is -0.444 e. The van der Waals surface area contributed by atoms with Crippen molar-refractivity contribution >= 4 is 6.09 Å². The van der Waals surface area contributed by atoms with Crippen molar-refractivity contribution in [3.05, 3.63) is 34.9 Å². The van der Waals surface area contributed by atoms with E-state index in [0.717, 1.165) is 18.4 Å². The first-order chi connectivity index (χ1) is 9.31. The maximum absolute atomic E-state index is 11.5. The number of hydrogen-bond donors (Lipinski definition) is 1. The van der Waals surface area contributed by atoms with Crippen LogP contribution in [0.2, 0.25) is 0 Å². The Morgan fingerprint density at radius 1 is 1.40 bits per heavy atom. The molecule has 4 heteroatoms. The van der Waals surface area contributed by atoms with E-state index >= 15 is 0 Å². The molecule has 0 radical (unpaired) electrons. The molecule has 4 nitrogen and oxygen atoms in total. The van der Waals surface area contributed by atoms with E-state index in [2.05, 4.69) is 11.4 Å². The summed E-state index contributed by atoms with van der Waals surface area (Å²) in [6, 6.07) is 7.82. The molecule has 0 aliphatic heterocycles. The van der Waals surface area contributed by atoms with Gasteiger partial charge in [-0.15, -0.1) is 0 Å². The van der Waals surface area contributed by atoms with E-state index in [1.807, 2.05) is 45.9 Å². The molecule has 0 fully saturated rings. The van der Waals surface area contributed by atoms with Crippen LogP contribution in [0.1, 0.15) is 43.9 Å². The highest BCUT2D eigenvalue weighted by Gasteiger charge is 2.15. The summed E-state index contributed by atoms with van der Waals surface area (Å²) in [5.74, 6) is 0. The number of carbonyl (C=O) groups is 1. The molecule has 0 aromatic heterocycles. The number of nitriles is 1. The second kappa shape index (κ2) is 6.95. The fourth-order valence-electron chi connectivity index (χ4n) is 1.79. The fourth-order valence-corrected chi connectivity index (χ4v) is 1.79. The third-order valence-electron chi connectivity index (χ3n) is 2.77. The lowest BCUT2D eigenvalue weighted by atomic mass is 10.0. The second-order valence-electron chi connectivity index (χ2n) is 5.79. The van der Waals surface area contributed by atoms with Crippen LogP contribution in [0.25, 0.3) is 0 Å². The van der Waals surface area contributed by atoms with Crippen LogP contribution in [0.4, 0.5) is 4.79 Å². The van der Waals surface area contributed by atoms with E-state index in [-0.39, 0.29) is 6.09 Å². The summed E-state index contributed by atoms with van der Waals surface area (Å²) < 4.78 is 5.16. The molecule has 1 aromatic carbocycles. The van der Waals surface area contributed by atoms with Gasteiger partial charge in [0, 0.05) is 6.54 Å². The molecule has 0 saturated heterocycles. The van der Waals surface area contributed by atoms with Crippen LogP contribution in [0.5, 0.6) is 0 Å². The highest BCUT2D eigenvalue weighted by Crippen LogP contribution is 2.12. The predicted octanol–water partition coefficient (Wildman–Crippen LogP) is 3.32. The number of nitrogens with one attached hydrogen (secondary N) is 1. The Hall–Kier alpha value is -2.02. The van der Waals surface area contributed by atoms with Crippen molar-refractivity contribution in [3.8, 4) is 6.07 Å². The van der Waals surface area contributed by atoms with Gasteiger partial charge in [-0.3, -0.25) is 0 Å². The quantitative estimate of drug-likeness (QED) is 0.857. The maximum Gasteiger partial charge on any atom is 0.407 e. The smallest absolute Gasteiger partial charge is 0.407 e. The molecule has 0 heterocycles. The van der Waals surface area contributed by atoms with E-state index < -0.39 is 5.60 Å². The first-order valence-corrected chi connectivity index (χ1v) is 6.78. The molecule has 1 N–H and O–H groups in total. The van der Waals surface area contributed by atoms with Gasteiger partial charge in [-0.1, -0.05) is 6.07 Å². The highest BCUT2D eigenvalue weighted by molar-refractivity contribution is 5.67. The summed E-state index contributed by atoms with van der Waals surface area (Å²) >= 11 is 0. The van der Waals surface area contributed by atoms with Crippen molar-refractivity contribution in [1.29, 1.82) is 5.26 Å². The molecule has 0 aliphatic carbocycles. The normalized spacial score (nSPS) is 10.8. The Balaban J connectivity index is 2.38. The molecule has 108 valence electrons. The van der Waals surface area contributed by atoms with E-state index in [9.17, 15) is 4.79 Å². The monoisotopic (exact) mass is 274 g/mol. The van der Waals surface area contributed by atoms with Crippen LogP contribution in [-0.2, 0) is 11.2 Å². The third-order valence-corrected chi connectivity index (χ3v) is 2.77. The van der Waals surface area contributed by atoms with E-state index in [1.54, 1.807) is 0 Å². The molecule has 1 rings (SSSR count). The lowest BCUT2D eigenvalue weighted by Gasteiger charge is -2.19. The molecule has 0 bridgehead atoms. The summed E-state index contributed by atoms with van der Waals surface area (Å²) in [7, 11) is 0. The highest BCUT2D eigenvalue weighted by atomic mass is 16.6. The van der Waals surface area contributed by atoms with Crippen LogP contribution in [-0.4, -0.2) is 18.2 Å². The lowest BCUT2D eigenvalue weighted by molar-refractivity contribution is 0.0527. The van der Waals surface area contributed by atoms with Crippen LogP contribution in [0, 0.1) is 18.3 Å². The number of amides is 1. The van der Waals surface area contributed by atoms with E-state index in [0.29, 0.717) is 12.1 Å². The van der Waals surface area contributed by atoms with Crippen molar-refractivity contribution < 1.29 is 9.53 Å². The Morgan fingerprint density at radius 3 is 2.70 bits per heavy atom. The zero-order valence-corrected chi connectivity index (χ0v) is 12.6. The number of hydrogen-bond acceptors (Lipinski definition) is 3. The molecule has 0 saturated carbocycles. The number of ether oxygens (including phenoxy) is 1. The van der Waals surface area contributed by atoms with Crippen molar-refractivity contribution in [1.82, 2.24) is 5.32 Å². The van der Waals surface area contributed by atoms with Gasteiger partial charge in [0.05, 0.1) is 11.6 Å². The number of nitrogens with zero attached hydrogens (tertiary/aromatic N) is 1. The van der Waals surface area contributed by atoms with Crippen molar-refractivity contribution in [3.63, 3.8) is 0 Å². The Morgan fingerprint density at radius 2 is 2.10 bits per heavy atom. The Labute approximate surface area is 120 Å². The largest absolute Gasteiger partial charge is 0.444 e. The molecule has 0 spiro atoms. The minimum atomic E-state index is -0.470. The lowest BCUT2D eigenvalue weighted by Crippen LogP contribution is -2.33. The number of benzene rings is 1. The van der Waals surface area contributed by atoms with Gasteiger partial charge in [-0.05, 0) is 63.8 Å². The SMILES string of the molecule is Cc1ccc(C#N)cc1CCCNC(=O)OC(C)(C)C. The topological polar surface area (TPSA) is 62.1 Å². The summed E-state index contributed by atoms with van der Waals surface area (Å²) in [5.41, 5.74) is 2.52. The zero-order valence-electron chi connectivity index (χ0n) is 12.6. The van der Waals surface area contributed by atoms with Gasteiger partial charge >= 0.3 is 6.09 Å². The summed E-state index contributed by atoms with van der Waals surface area (Å²) in [4.78, 5) is 11.5. The van der Waals surface area contributed by atoms with E-state index in [1.165, 1.54) is 5.56 Å². The molecule has 0 aliphatic rings. The van der Waals surface area contributed by atoms with Gasteiger partial charge in [0.25, 0.3) is 0 Å². The van der Waals surface area contributed by atoms with Gasteiger partial charge in [0.1, 0.15) is 5.60 Å². The van der Waals surface area contributed by atoms with Crippen molar-refractivity contribution in [2.45, 2.75) is 46.1 Å². The molecule has 0 atom stereocenters. The number of rotatable bonds is 4. The summed E-state index contributed by atoms with van der Waals surface area (Å²) in [6.45, 7) is 8.10. The molecule has 0 unspecified atom stereocenters. The average Bonchev–Trinajstić information content (AvgIpc) is 2.34. The van der Waals surface area contributed by atoms with Crippen LogP contribution < -0.4 is 5.32 Å². The molecule has 20 heavy (non-hydrogen) atoms. The predicted molar refractivity (Wildman–Crippen MR) is 78.5 cm³/mol. The Bertz CT molecular complexity index is 510. The van der Waals surface area contributed by atoms with Crippen molar-refractivity contribution in [2.75, 3.05) is 6.54 Å². The van der Waals surface area contributed by atoms with Gasteiger partial charge in [-0.25, -0.2) is 4.79 Å². The number of aryl methyl sites for hydroxylation is 2. The van der Waals surface area contributed by atoms with Crippen LogP contribution in [0.3, 0.4) is 0 Å². The Kier molecular flexibility index (Phi) is 5.57. The standard InChI is InChI=1S/C16H22N2O2/c1-12-7-8-13(11-17)10-14(12)6-5-9-18-15(19)20-16(2,3)4/h7-8,10H,5-6,9H2,1-4H3,(H,18,19). The number of carbonyl (C=O) groups excluding carboxylic acids is 1. The minimum absolute atomic E-state index is 0.389. The fraction of sp³-hybridized carbons (Fsp3) is 0.500. The van der Waals surface area contributed by atoms with Gasteiger partial charge in [0.15, 0.2) is 0 Å². The van der Waals surface area contributed by atoms with Crippen LogP contribution in [0.15, 0.2) is 18.2 Å². The zero-order chi connectivity index (χ0) is 15.2. The first-order valence-electron chi connectivity index (χ1n) is 6.78. The molecular weight excluding hydrogens is 252 g/mol. The summed E-state index contributed by atoms with van der Waals surface area (Å²) in [6.07, 6.45) is 1.26. The summed E-state index contributed by atoms with van der Waals surface area (Å²) in [5, 5.41) is 11.6. The van der Waals surface area contributed by atoms with Gasteiger partial charge < -0.3 is 10.1 Å².